The zero-order chi connectivity index (χ0) is 27.7. The van der Waals surface area contributed by atoms with E-state index in [1.54, 1.807) is 38.4 Å². The number of pyridine rings is 1. The van der Waals surface area contributed by atoms with E-state index in [1.165, 1.54) is 22.8 Å². The molecule has 3 heterocycles. The van der Waals surface area contributed by atoms with E-state index in [1.807, 2.05) is 0 Å². The van der Waals surface area contributed by atoms with Gasteiger partial charge in [0.2, 0.25) is 5.91 Å². The minimum absolute atomic E-state index is 0.0255. The highest BCUT2D eigenvalue weighted by atomic mass is 19.2. The maximum atomic E-state index is 13.8. The van der Waals surface area contributed by atoms with Crippen LogP contribution in [0.25, 0.3) is 0 Å². The van der Waals surface area contributed by atoms with Crippen molar-refractivity contribution in [3.8, 4) is 0 Å². The summed E-state index contributed by atoms with van der Waals surface area (Å²) in [5, 5.41) is 6.74. The fourth-order valence-corrected chi connectivity index (χ4v) is 4.44. The Labute approximate surface area is 216 Å². The summed E-state index contributed by atoms with van der Waals surface area (Å²) in [4.78, 5) is 45.9. The number of likely N-dealkylation sites (N-methyl/N-ethyl adjacent to an activating group) is 1. The number of anilines is 2. The van der Waals surface area contributed by atoms with Crippen molar-refractivity contribution < 1.29 is 27.6 Å². The topological polar surface area (TPSA) is 126 Å². The summed E-state index contributed by atoms with van der Waals surface area (Å²) in [6.45, 7) is 1.64. The molecular weight excluding hydrogens is 503 g/mol. The molecule has 0 aliphatic carbocycles. The van der Waals surface area contributed by atoms with Gasteiger partial charge in [0.25, 0.3) is 5.91 Å². The molecule has 4 rings (SSSR count). The number of aromatic nitrogens is 3. The number of imide groups is 1. The van der Waals surface area contributed by atoms with Gasteiger partial charge in [0.15, 0.2) is 23.3 Å². The number of carbonyl (C=O) groups excluding carboxylic acids is 3. The average molecular weight is 530 g/mol. The number of halogens is 3. The van der Waals surface area contributed by atoms with Crippen molar-refractivity contribution in [2.24, 2.45) is 13.0 Å². The van der Waals surface area contributed by atoms with Gasteiger partial charge in [-0.25, -0.2) is 22.9 Å². The van der Waals surface area contributed by atoms with Crippen molar-refractivity contribution in [1.82, 2.24) is 25.0 Å². The zero-order valence-electron chi connectivity index (χ0n) is 20.9. The summed E-state index contributed by atoms with van der Waals surface area (Å²) in [7, 11) is 3.15. The van der Waals surface area contributed by atoms with Crippen LogP contribution < -0.4 is 16.0 Å². The minimum Gasteiger partial charge on any atom is -0.384 e. The van der Waals surface area contributed by atoms with Gasteiger partial charge in [-0.3, -0.25) is 24.1 Å². The largest absolute Gasteiger partial charge is 0.384 e. The maximum absolute atomic E-state index is 13.8. The van der Waals surface area contributed by atoms with Crippen molar-refractivity contribution in [3.63, 3.8) is 0 Å². The summed E-state index contributed by atoms with van der Waals surface area (Å²) in [5.74, 6) is -5.95. The summed E-state index contributed by atoms with van der Waals surface area (Å²) >= 11 is 0. The number of β-lactam (4-membered cyclic amide) rings is 1. The normalized spacial score (nSPS) is 17.6. The highest BCUT2D eigenvalue weighted by Crippen LogP contribution is 2.33. The monoisotopic (exact) mass is 529 g/mol. The quantitative estimate of drug-likeness (QED) is 0.358. The molecule has 200 valence electrons. The predicted molar refractivity (Wildman–Crippen MR) is 131 cm³/mol. The lowest BCUT2D eigenvalue weighted by Gasteiger charge is -2.45. The van der Waals surface area contributed by atoms with Crippen LogP contribution in [0.3, 0.4) is 0 Å². The number of hydrogen-bond donors (Lipinski definition) is 2. The number of nitrogens with two attached hydrogens (primary N) is 1. The van der Waals surface area contributed by atoms with Crippen molar-refractivity contribution >= 4 is 29.5 Å². The summed E-state index contributed by atoms with van der Waals surface area (Å²) in [6.07, 6.45) is 3.40. The molecule has 0 spiro atoms. The Kier molecular flexibility index (Phi) is 7.37. The molecule has 3 N–H and O–H groups in total. The molecule has 1 aromatic carbocycles. The van der Waals surface area contributed by atoms with Gasteiger partial charge in [-0.05, 0) is 48.2 Å². The van der Waals surface area contributed by atoms with Crippen LogP contribution in [-0.4, -0.2) is 50.6 Å². The van der Waals surface area contributed by atoms with Crippen LogP contribution in [0.4, 0.5) is 29.6 Å². The number of rotatable bonds is 7. The average Bonchev–Trinajstić information content (AvgIpc) is 3.32. The van der Waals surface area contributed by atoms with Gasteiger partial charge in [-0.1, -0.05) is 6.92 Å². The van der Waals surface area contributed by atoms with Crippen molar-refractivity contribution in [1.29, 1.82) is 0 Å². The summed E-state index contributed by atoms with van der Waals surface area (Å²) in [6, 6.07) is 3.31. The zero-order valence-corrected chi connectivity index (χ0v) is 20.9. The number of amides is 4. The van der Waals surface area contributed by atoms with E-state index in [4.69, 9.17) is 5.73 Å². The van der Waals surface area contributed by atoms with E-state index in [-0.39, 0.29) is 24.2 Å². The molecule has 3 atom stereocenters. The molecule has 10 nitrogen and oxygen atoms in total. The molecule has 38 heavy (non-hydrogen) atoms. The molecule has 0 bridgehead atoms. The predicted octanol–water partition coefficient (Wildman–Crippen LogP) is 2.71. The second-order valence-corrected chi connectivity index (χ2v) is 9.01. The lowest BCUT2D eigenvalue weighted by atomic mass is 9.81. The van der Waals surface area contributed by atoms with E-state index in [0.717, 1.165) is 17.0 Å². The molecule has 1 aliphatic heterocycles. The number of nitrogen functional groups attached to an aromatic ring is 1. The second-order valence-electron chi connectivity index (χ2n) is 9.01. The third kappa shape index (κ3) is 5.04. The van der Waals surface area contributed by atoms with E-state index >= 15 is 0 Å². The first-order chi connectivity index (χ1) is 18.0. The number of aryl methyl sites for hydroxylation is 1. The number of carbonyl (C=O) groups is 3. The Morgan fingerprint density at radius 2 is 1.87 bits per heavy atom. The lowest BCUT2D eigenvalue weighted by Crippen LogP contribution is -2.70. The van der Waals surface area contributed by atoms with Crippen molar-refractivity contribution in [2.45, 2.75) is 31.8 Å². The molecule has 1 fully saturated rings. The molecule has 0 unspecified atom stereocenters. The van der Waals surface area contributed by atoms with Crippen LogP contribution in [-0.2, 0) is 23.1 Å². The van der Waals surface area contributed by atoms with Gasteiger partial charge in [0.05, 0.1) is 12.0 Å². The number of nitrogens with zero attached hydrogens (tertiary/aromatic N) is 5. The van der Waals surface area contributed by atoms with Crippen LogP contribution in [0, 0.1) is 23.4 Å². The summed E-state index contributed by atoms with van der Waals surface area (Å²) in [5.41, 5.74) is 6.37. The van der Waals surface area contributed by atoms with Crippen LogP contribution in [0.1, 0.15) is 30.5 Å². The van der Waals surface area contributed by atoms with Gasteiger partial charge >= 0.3 is 6.03 Å². The van der Waals surface area contributed by atoms with Gasteiger partial charge in [-0.2, -0.15) is 5.10 Å². The lowest BCUT2D eigenvalue weighted by molar-refractivity contribution is -0.156. The molecule has 13 heteroatoms. The number of hydrogen-bond acceptors (Lipinski definition) is 6. The van der Waals surface area contributed by atoms with Gasteiger partial charge in [0, 0.05) is 32.6 Å². The molecule has 0 saturated carbocycles. The first-order valence-corrected chi connectivity index (χ1v) is 11.8. The fourth-order valence-electron chi connectivity index (χ4n) is 4.44. The highest BCUT2D eigenvalue weighted by molar-refractivity contribution is 6.12. The molecule has 0 radical (unpaired) electrons. The minimum atomic E-state index is -1.63. The smallest absolute Gasteiger partial charge is 0.325 e. The number of likely N-dealkylation sites (tertiary alicyclic amines) is 1. The van der Waals surface area contributed by atoms with Crippen molar-refractivity contribution in [3.05, 3.63) is 71.3 Å². The fraction of sp³-hybridized carbons (Fsp3) is 0.320. The Balaban J connectivity index is 1.61. The molecule has 3 aromatic rings. The van der Waals surface area contributed by atoms with Gasteiger partial charge < -0.3 is 11.1 Å². The third-order valence-corrected chi connectivity index (χ3v) is 6.48. The second kappa shape index (κ2) is 10.5. The molecule has 1 aliphatic rings. The van der Waals surface area contributed by atoms with E-state index in [0.29, 0.717) is 11.4 Å². The highest BCUT2D eigenvalue weighted by Gasteiger charge is 2.55. The van der Waals surface area contributed by atoms with E-state index in [9.17, 15) is 27.6 Å². The Morgan fingerprint density at radius 1 is 1.18 bits per heavy atom. The Hall–Kier alpha value is -4.42. The SMILES string of the molecule is CC[C@@H](NC(=O)N1C(=O)[C@H](Cc2ccnc(N)c2)[C@H]1C(=O)N(C)c1ccn(C)n1)c1cc(F)c(F)c(F)c1. The standard InChI is InChI=1S/C25H26F3N7O3/c1-4-18(14-11-16(26)21(28)17(27)12-14)31-25(38)35-22(24(37)34(3)20-6-8-33(2)32-20)15(23(35)36)9-13-5-7-30-19(29)10-13/h5-8,10-12,15,18,22H,4,9H2,1-3H3,(H2,29,30)(H,31,38)/t15-,18-,22+/m1/s1. The van der Waals surface area contributed by atoms with E-state index < -0.39 is 53.3 Å². The Morgan fingerprint density at radius 3 is 2.45 bits per heavy atom. The molecule has 2 aromatic heterocycles. The molecule has 4 amide bonds. The molecular formula is C25H26F3N7O3. The number of benzene rings is 1. The maximum Gasteiger partial charge on any atom is 0.325 e. The van der Waals surface area contributed by atoms with Crippen LogP contribution in [0.5, 0.6) is 0 Å². The Bertz CT molecular complexity index is 1370. The van der Waals surface area contributed by atoms with Gasteiger partial charge in [0.1, 0.15) is 11.9 Å². The van der Waals surface area contributed by atoms with Crippen LogP contribution in [0.15, 0.2) is 42.7 Å². The van der Waals surface area contributed by atoms with Crippen LogP contribution >= 0.6 is 0 Å². The first-order valence-electron chi connectivity index (χ1n) is 11.8. The van der Waals surface area contributed by atoms with Crippen molar-refractivity contribution in [2.75, 3.05) is 17.7 Å². The molecule has 1 saturated heterocycles. The van der Waals surface area contributed by atoms with Crippen LogP contribution in [0.2, 0.25) is 0 Å². The summed E-state index contributed by atoms with van der Waals surface area (Å²) < 4.78 is 42.6. The number of nitrogens with one attached hydrogen (secondary N) is 1. The van der Waals surface area contributed by atoms with Gasteiger partial charge in [-0.15, -0.1) is 0 Å². The third-order valence-electron chi connectivity index (χ3n) is 6.48. The number of urea groups is 1. The van der Waals surface area contributed by atoms with E-state index in [2.05, 4.69) is 15.4 Å². The first kappa shape index (κ1) is 26.6.